The maximum absolute atomic E-state index is 11.6. The van der Waals surface area contributed by atoms with Gasteiger partial charge < -0.3 is 16.8 Å². The van der Waals surface area contributed by atoms with Crippen LogP contribution in [0.1, 0.15) is 19.4 Å². The van der Waals surface area contributed by atoms with Crippen LogP contribution in [-0.4, -0.2) is 17.4 Å². The SMILES string of the molecule is CC(C)(N)C(=O)Nc1ccc(CC(N)=O)cc1.Cl. The van der Waals surface area contributed by atoms with Gasteiger partial charge in [0.25, 0.3) is 0 Å². The Balaban J connectivity index is 0.00000289. The van der Waals surface area contributed by atoms with E-state index in [1.807, 2.05) is 0 Å². The minimum atomic E-state index is -0.925. The van der Waals surface area contributed by atoms with Crippen LogP contribution in [0.3, 0.4) is 0 Å². The zero-order chi connectivity index (χ0) is 13.1. The van der Waals surface area contributed by atoms with Crippen molar-refractivity contribution in [3.8, 4) is 0 Å². The summed E-state index contributed by atoms with van der Waals surface area (Å²) in [5.74, 6) is -0.648. The number of amides is 2. The smallest absolute Gasteiger partial charge is 0.243 e. The van der Waals surface area contributed by atoms with Crippen LogP contribution in [0.5, 0.6) is 0 Å². The van der Waals surface area contributed by atoms with E-state index in [2.05, 4.69) is 5.32 Å². The van der Waals surface area contributed by atoms with Crippen LogP contribution in [-0.2, 0) is 16.0 Å². The number of nitrogens with two attached hydrogens (primary N) is 2. The molecule has 0 spiro atoms. The summed E-state index contributed by atoms with van der Waals surface area (Å²) in [5, 5.41) is 2.68. The van der Waals surface area contributed by atoms with Crippen molar-refractivity contribution in [1.29, 1.82) is 0 Å². The molecule has 0 saturated heterocycles. The fourth-order valence-corrected chi connectivity index (χ4v) is 1.20. The summed E-state index contributed by atoms with van der Waals surface area (Å²) in [6.07, 6.45) is 0.191. The number of anilines is 1. The van der Waals surface area contributed by atoms with Gasteiger partial charge in [0, 0.05) is 5.69 Å². The van der Waals surface area contributed by atoms with Crippen LogP contribution in [0.4, 0.5) is 5.69 Å². The molecule has 2 amide bonds. The van der Waals surface area contributed by atoms with Gasteiger partial charge in [-0.25, -0.2) is 0 Å². The third-order valence-corrected chi connectivity index (χ3v) is 2.18. The van der Waals surface area contributed by atoms with E-state index >= 15 is 0 Å². The number of halogens is 1. The van der Waals surface area contributed by atoms with E-state index in [-0.39, 0.29) is 30.6 Å². The molecule has 0 unspecified atom stereocenters. The number of hydrogen-bond donors (Lipinski definition) is 3. The standard InChI is InChI=1S/C12H17N3O2.ClH/c1-12(2,14)11(17)15-9-5-3-8(4-6-9)7-10(13)16;/h3-6H,7,14H2,1-2H3,(H2,13,16)(H,15,17);1H. The zero-order valence-electron chi connectivity index (χ0n) is 10.4. The Kier molecular flexibility index (Phi) is 5.81. The Bertz CT molecular complexity index is 424. The second-order valence-corrected chi connectivity index (χ2v) is 4.52. The Morgan fingerprint density at radius 3 is 2.11 bits per heavy atom. The van der Waals surface area contributed by atoms with E-state index in [9.17, 15) is 9.59 Å². The first-order chi connectivity index (χ1) is 7.79. The van der Waals surface area contributed by atoms with Crippen molar-refractivity contribution >= 4 is 29.9 Å². The van der Waals surface area contributed by atoms with Crippen molar-refractivity contribution in [2.75, 3.05) is 5.32 Å². The highest BCUT2D eigenvalue weighted by Gasteiger charge is 2.21. The maximum Gasteiger partial charge on any atom is 0.243 e. The third kappa shape index (κ3) is 5.16. The predicted molar refractivity (Wildman–Crippen MR) is 73.5 cm³/mol. The minimum Gasteiger partial charge on any atom is -0.369 e. The number of benzene rings is 1. The van der Waals surface area contributed by atoms with E-state index in [1.165, 1.54) is 0 Å². The average molecular weight is 272 g/mol. The molecule has 1 rings (SSSR count). The van der Waals surface area contributed by atoms with E-state index < -0.39 is 5.54 Å². The first-order valence-electron chi connectivity index (χ1n) is 5.26. The summed E-state index contributed by atoms with van der Waals surface area (Å²) in [5.41, 5.74) is 11.2. The normalized spacial score (nSPS) is 10.4. The van der Waals surface area contributed by atoms with Gasteiger partial charge in [-0.1, -0.05) is 12.1 Å². The molecule has 1 aromatic rings. The van der Waals surface area contributed by atoms with E-state index in [4.69, 9.17) is 11.5 Å². The highest BCUT2D eigenvalue weighted by Crippen LogP contribution is 2.11. The summed E-state index contributed by atoms with van der Waals surface area (Å²) in [4.78, 5) is 22.3. The van der Waals surface area contributed by atoms with Crippen LogP contribution in [0.2, 0.25) is 0 Å². The minimum absolute atomic E-state index is 0. The van der Waals surface area contributed by atoms with Gasteiger partial charge in [0.2, 0.25) is 11.8 Å². The van der Waals surface area contributed by atoms with Gasteiger partial charge in [-0.05, 0) is 31.5 Å². The maximum atomic E-state index is 11.6. The van der Waals surface area contributed by atoms with Crippen LogP contribution in [0.25, 0.3) is 0 Å². The molecule has 0 heterocycles. The summed E-state index contributed by atoms with van der Waals surface area (Å²) in [7, 11) is 0. The molecule has 0 aliphatic carbocycles. The quantitative estimate of drug-likeness (QED) is 0.756. The summed E-state index contributed by atoms with van der Waals surface area (Å²) >= 11 is 0. The molecule has 0 radical (unpaired) electrons. The first kappa shape index (κ1) is 16.4. The van der Waals surface area contributed by atoms with Crippen molar-refractivity contribution in [2.45, 2.75) is 25.8 Å². The molecule has 0 aromatic heterocycles. The van der Waals surface area contributed by atoms with Crippen molar-refractivity contribution < 1.29 is 9.59 Å². The number of carbonyl (C=O) groups excluding carboxylic acids is 2. The summed E-state index contributed by atoms with van der Waals surface area (Å²) < 4.78 is 0. The van der Waals surface area contributed by atoms with Crippen LogP contribution in [0.15, 0.2) is 24.3 Å². The lowest BCUT2D eigenvalue weighted by atomic mass is 10.1. The van der Waals surface area contributed by atoms with E-state index in [1.54, 1.807) is 38.1 Å². The molecule has 100 valence electrons. The number of rotatable bonds is 4. The van der Waals surface area contributed by atoms with Gasteiger partial charge in [-0.2, -0.15) is 0 Å². The molecule has 0 aliphatic rings. The molecule has 5 nitrogen and oxygen atoms in total. The molecule has 0 aliphatic heterocycles. The van der Waals surface area contributed by atoms with Gasteiger partial charge in [-0.15, -0.1) is 12.4 Å². The lowest BCUT2D eigenvalue weighted by Crippen LogP contribution is -2.45. The van der Waals surface area contributed by atoms with Crippen molar-refractivity contribution in [1.82, 2.24) is 0 Å². The monoisotopic (exact) mass is 271 g/mol. The van der Waals surface area contributed by atoms with Gasteiger partial charge in [0.05, 0.1) is 12.0 Å². The van der Waals surface area contributed by atoms with Crippen LogP contribution < -0.4 is 16.8 Å². The van der Waals surface area contributed by atoms with E-state index in [0.29, 0.717) is 5.69 Å². The van der Waals surface area contributed by atoms with Gasteiger partial charge in [0.1, 0.15) is 0 Å². The van der Waals surface area contributed by atoms with Crippen LogP contribution >= 0.6 is 12.4 Å². The van der Waals surface area contributed by atoms with E-state index in [0.717, 1.165) is 5.56 Å². The molecule has 0 saturated carbocycles. The molecule has 1 aromatic carbocycles. The topological polar surface area (TPSA) is 98.2 Å². The largest absolute Gasteiger partial charge is 0.369 e. The molecule has 5 N–H and O–H groups in total. The Morgan fingerprint density at radius 1 is 1.22 bits per heavy atom. The number of primary amides is 1. The second-order valence-electron chi connectivity index (χ2n) is 4.52. The molecular weight excluding hydrogens is 254 g/mol. The Labute approximate surface area is 112 Å². The zero-order valence-corrected chi connectivity index (χ0v) is 11.2. The van der Waals surface area contributed by atoms with Gasteiger partial charge >= 0.3 is 0 Å². The lowest BCUT2D eigenvalue weighted by Gasteiger charge is -2.17. The number of carbonyl (C=O) groups is 2. The lowest BCUT2D eigenvalue weighted by molar-refractivity contribution is -0.120. The first-order valence-corrected chi connectivity index (χ1v) is 5.26. The summed E-state index contributed by atoms with van der Waals surface area (Å²) in [6.45, 7) is 3.26. The summed E-state index contributed by atoms with van der Waals surface area (Å²) in [6, 6.07) is 6.90. The van der Waals surface area contributed by atoms with Crippen molar-refractivity contribution in [3.63, 3.8) is 0 Å². The average Bonchev–Trinajstić information content (AvgIpc) is 2.18. The fraction of sp³-hybridized carbons (Fsp3) is 0.333. The third-order valence-electron chi connectivity index (χ3n) is 2.18. The van der Waals surface area contributed by atoms with Crippen molar-refractivity contribution in [3.05, 3.63) is 29.8 Å². The Hall–Kier alpha value is -1.59. The molecule has 0 fully saturated rings. The fourth-order valence-electron chi connectivity index (χ4n) is 1.20. The predicted octanol–water partition coefficient (Wildman–Crippen LogP) is 0.812. The van der Waals surface area contributed by atoms with Crippen molar-refractivity contribution in [2.24, 2.45) is 11.5 Å². The Morgan fingerprint density at radius 2 is 1.72 bits per heavy atom. The number of hydrogen-bond acceptors (Lipinski definition) is 3. The highest BCUT2D eigenvalue weighted by atomic mass is 35.5. The molecule has 6 heteroatoms. The molecule has 18 heavy (non-hydrogen) atoms. The molecule has 0 bridgehead atoms. The number of nitrogens with one attached hydrogen (secondary N) is 1. The molecular formula is C12H18ClN3O2. The van der Waals surface area contributed by atoms with Crippen LogP contribution in [0, 0.1) is 0 Å². The molecule has 0 atom stereocenters. The second kappa shape index (κ2) is 6.37. The highest BCUT2D eigenvalue weighted by molar-refractivity contribution is 5.97. The van der Waals surface area contributed by atoms with Gasteiger partial charge in [0.15, 0.2) is 0 Å². The van der Waals surface area contributed by atoms with Gasteiger partial charge in [-0.3, -0.25) is 9.59 Å².